The summed E-state index contributed by atoms with van der Waals surface area (Å²) >= 11 is 4.65. The van der Waals surface area contributed by atoms with E-state index in [1.165, 1.54) is 55.6 Å². The molecule has 0 nitrogen and oxygen atoms in total. The largest absolute Gasteiger partial charge is 0.143 e. The zero-order valence-electron chi connectivity index (χ0n) is 20.0. The quantitative estimate of drug-likeness (QED) is 0.304. The van der Waals surface area contributed by atoms with Crippen LogP contribution in [0.3, 0.4) is 0 Å². The highest BCUT2D eigenvalue weighted by Gasteiger charge is 2.16. The highest BCUT2D eigenvalue weighted by molar-refractivity contribution is 7.80. The normalized spacial score (nSPS) is 11.6. The zero-order chi connectivity index (χ0) is 23.0. The minimum absolute atomic E-state index is 0.100. The van der Waals surface area contributed by atoms with Gasteiger partial charge in [-0.2, -0.15) is 0 Å². The molecule has 0 unspecified atom stereocenters. The summed E-state index contributed by atoms with van der Waals surface area (Å²) in [5.74, 6) is 0. The number of aryl methyl sites for hydroxylation is 3. The Hall–Kier alpha value is -2.77. The lowest BCUT2D eigenvalue weighted by Crippen LogP contribution is -2.10. The van der Waals surface area contributed by atoms with Crippen molar-refractivity contribution in [2.45, 2.75) is 51.9 Å². The van der Waals surface area contributed by atoms with Gasteiger partial charge in [-0.25, -0.2) is 0 Å². The van der Waals surface area contributed by atoms with Crippen LogP contribution >= 0.6 is 12.6 Å². The fraction of sp³-hybridized carbons (Fsp3) is 0.226. The van der Waals surface area contributed by atoms with Gasteiger partial charge in [0.15, 0.2) is 0 Å². The van der Waals surface area contributed by atoms with Gasteiger partial charge in [0.05, 0.1) is 0 Å². The van der Waals surface area contributed by atoms with Crippen LogP contribution in [0.2, 0.25) is 0 Å². The second kappa shape index (κ2) is 8.64. The van der Waals surface area contributed by atoms with Crippen LogP contribution < -0.4 is 0 Å². The maximum Gasteiger partial charge on any atom is 0.00487 e. The molecule has 0 fully saturated rings. The molecule has 0 N–H and O–H groups in total. The van der Waals surface area contributed by atoms with E-state index in [2.05, 4.69) is 133 Å². The fourth-order valence-electron chi connectivity index (χ4n) is 4.43. The number of thiol groups is 1. The lowest BCUT2D eigenvalue weighted by molar-refractivity contribution is 0.590. The topological polar surface area (TPSA) is 0 Å². The number of hydrogen-bond donors (Lipinski definition) is 1. The van der Waals surface area contributed by atoms with Crippen molar-refractivity contribution < 1.29 is 0 Å². The van der Waals surface area contributed by atoms with Crippen LogP contribution in [0, 0.1) is 20.8 Å². The van der Waals surface area contributed by atoms with Crippen LogP contribution in [-0.4, -0.2) is 0 Å². The highest BCUT2D eigenvalue weighted by Crippen LogP contribution is 2.38. The summed E-state index contributed by atoms with van der Waals surface area (Å²) in [5, 5.41) is 0. The maximum atomic E-state index is 4.65. The minimum Gasteiger partial charge on any atom is -0.143 e. The second-order valence-electron chi connectivity index (χ2n) is 10.0. The lowest BCUT2D eigenvalue weighted by atomic mass is 9.84. The Labute approximate surface area is 198 Å². The van der Waals surface area contributed by atoms with Crippen molar-refractivity contribution in [3.05, 3.63) is 101 Å². The SMILES string of the molecule is Cc1cc(C)cc(-c2ccc(-c3cc(C)cc(S)c3)c(-c3cccc(C(C)(C)C)c3)c2)c1. The van der Waals surface area contributed by atoms with E-state index in [-0.39, 0.29) is 5.41 Å². The molecule has 0 atom stereocenters. The zero-order valence-corrected chi connectivity index (χ0v) is 20.8. The van der Waals surface area contributed by atoms with E-state index < -0.39 is 0 Å². The van der Waals surface area contributed by atoms with Crippen molar-refractivity contribution in [2.75, 3.05) is 0 Å². The molecule has 32 heavy (non-hydrogen) atoms. The van der Waals surface area contributed by atoms with Crippen molar-refractivity contribution >= 4 is 12.6 Å². The highest BCUT2D eigenvalue weighted by atomic mass is 32.1. The molecule has 0 radical (unpaired) electrons. The molecular formula is C31H32S. The Morgan fingerprint density at radius 2 is 1.19 bits per heavy atom. The molecule has 0 bridgehead atoms. The van der Waals surface area contributed by atoms with Gasteiger partial charge in [0.1, 0.15) is 0 Å². The number of benzene rings is 4. The van der Waals surface area contributed by atoms with Gasteiger partial charge in [-0.1, -0.05) is 92.6 Å². The van der Waals surface area contributed by atoms with Gasteiger partial charge < -0.3 is 0 Å². The van der Waals surface area contributed by atoms with E-state index in [4.69, 9.17) is 0 Å². The van der Waals surface area contributed by atoms with Crippen LogP contribution in [0.25, 0.3) is 33.4 Å². The van der Waals surface area contributed by atoms with Gasteiger partial charge in [0, 0.05) is 4.90 Å². The van der Waals surface area contributed by atoms with Crippen molar-refractivity contribution in [3.63, 3.8) is 0 Å². The van der Waals surface area contributed by atoms with E-state index in [0.717, 1.165) is 4.90 Å². The first-order valence-corrected chi connectivity index (χ1v) is 11.7. The molecule has 4 aromatic rings. The first-order chi connectivity index (χ1) is 15.1. The van der Waals surface area contributed by atoms with E-state index in [1.807, 2.05) is 0 Å². The number of hydrogen-bond acceptors (Lipinski definition) is 1. The molecule has 0 saturated heterocycles. The van der Waals surface area contributed by atoms with E-state index in [9.17, 15) is 0 Å². The molecule has 0 aliphatic rings. The second-order valence-corrected chi connectivity index (χ2v) is 10.5. The molecule has 1 heteroatoms. The van der Waals surface area contributed by atoms with E-state index >= 15 is 0 Å². The summed E-state index contributed by atoms with van der Waals surface area (Å²) in [4.78, 5) is 0.993. The third-order valence-electron chi connectivity index (χ3n) is 5.99. The molecule has 0 amide bonds. The van der Waals surface area contributed by atoms with Gasteiger partial charge in [-0.15, -0.1) is 12.6 Å². The monoisotopic (exact) mass is 436 g/mol. The van der Waals surface area contributed by atoms with Crippen molar-refractivity contribution in [1.29, 1.82) is 0 Å². The smallest absolute Gasteiger partial charge is 0.00487 e. The Morgan fingerprint density at radius 3 is 1.84 bits per heavy atom. The van der Waals surface area contributed by atoms with Crippen molar-refractivity contribution in [1.82, 2.24) is 0 Å². The maximum absolute atomic E-state index is 4.65. The van der Waals surface area contributed by atoms with Gasteiger partial charge in [0.2, 0.25) is 0 Å². The summed E-state index contributed by atoms with van der Waals surface area (Å²) < 4.78 is 0. The molecular weight excluding hydrogens is 404 g/mol. The third kappa shape index (κ3) is 4.84. The summed E-state index contributed by atoms with van der Waals surface area (Å²) in [6, 6.07) is 29.2. The van der Waals surface area contributed by atoms with Crippen molar-refractivity contribution in [3.8, 4) is 33.4 Å². The van der Waals surface area contributed by atoms with Crippen LogP contribution in [0.4, 0.5) is 0 Å². The standard InChI is InChI=1S/C31H32S/c1-20-12-21(2)14-25(13-20)23-10-11-29(26-15-22(3)16-28(32)18-26)30(19-23)24-8-7-9-27(17-24)31(4,5)6/h7-19,32H,1-6H3. The van der Waals surface area contributed by atoms with Crippen molar-refractivity contribution in [2.24, 2.45) is 0 Å². The van der Waals surface area contributed by atoms with Gasteiger partial charge in [-0.3, -0.25) is 0 Å². The van der Waals surface area contributed by atoms with E-state index in [1.54, 1.807) is 0 Å². The summed E-state index contributed by atoms with van der Waals surface area (Å²) in [5.41, 5.74) is 12.7. The predicted molar refractivity (Wildman–Crippen MR) is 143 cm³/mol. The molecule has 4 aromatic carbocycles. The summed E-state index contributed by atoms with van der Waals surface area (Å²) in [6.45, 7) is 13.3. The van der Waals surface area contributed by atoms with Gasteiger partial charge in [0.25, 0.3) is 0 Å². The molecule has 0 spiro atoms. The summed E-state index contributed by atoms with van der Waals surface area (Å²) in [6.07, 6.45) is 0. The average molecular weight is 437 g/mol. The molecule has 0 aliphatic carbocycles. The molecule has 0 saturated carbocycles. The van der Waals surface area contributed by atoms with Gasteiger partial charge in [-0.05, 0) is 88.9 Å². The third-order valence-corrected chi connectivity index (χ3v) is 6.25. The van der Waals surface area contributed by atoms with Gasteiger partial charge >= 0.3 is 0 Å². The first kappa shape index (κ1) is 22.4. The Balaban J connectivity index is 1.97. The minimum atomic E-state index is 0.100. The fourth-order valence-corrected chi connectivity index (χ4v) is 4.77. The molecule has 4 rings (SSSR count). The number of rotatable bonds is 3. The average Bonchev–Trinajstić information content (AvgIpc) is 2.71. The predicted octanol–water partition coefficient (Wildman–Crippen LogP) is 9.20. The first-order valence-electron chi connectivity index (χ1n) is 11.2. The van der Waals surface area contributed by atoms with Crippen LogP contribution in [-0.2, 0) is 5.41 Å². The molecule has 0 aromatic heterocycles. The van der Waals surface area contributed by atoms with Crippen LogP contribution in [0.1, 0.15) is 43.0 Å². The Kier molecular flexibility index (Phi) is 6.05. The Bertz CT molecular complexity index is 1250. The summed E-state index contributed by atoms with van der Waals surface area (Å²) in [7, 11) is 0. The van der Waals surface area contributed by atoms with Crippen LogP contribution in [0.5, 0.6) is 0 Å². The Morgan fingerprint density at radius 1 is 0.531 bits per heavy atom. The molecule has 162 valence electrons. The van der Waals surface area contributed by atoms with Crippen LogP contribution in [0.15, 0.2) is 83.8 Å². The molecule has 0 heterocycles. The lowest BCUT2D eigenvalue weighted by Gasteiger charge is -2.21. The molecule has 0 aliphatic heterocycles. The van der Waals surface area contributed by atoms with E-state index in [0.29, 0.717) is 0 Å².